The molecule has 6 nitrogen and oxygen atoms in total. The summed E-state index contributed by atoms with van der Waals surface area (Å²) in [4.78, 5) is 24.7. The SMILES string of the molecule is O=Cc1c(-c2ccccc2)cc([N+](=O)[O-])c(N2CCNCC2)c1Cl. The number of aldehydes is 1. The zero-order valence-electron chi connectivity index (χ0n) is 12.9. The molecule has 1 aliphatic heterocycles. The molecule has 24 heavy (non-hydrogen) atoms. The Hall–Kier alpha value is -2.44. The Morgan fingerprint density at radius 2 is 1.88 bits per heavy atom. The molecule has 1 saturated heterocycles. The van der Waals surface area contributed by atoms with Gasteiger partial charge in [0, 0.05) is 43.4 Å². The van der Waals surface area contributed by atoms with Crippen molar-refractivity contribution in [2.45, 2.75) is 0 Å². The van der Waals surface area contributed by atoms with Crippen molar-refractivity contribution in [1.29, 1.82) is 0 Å². The average molecular weight is 346 g/mol. The van der Waals surface area contributed by atoms with E-state index in [0.717, 1.165) is 5.56 Å². The van der Waals surface area contributed by atoms with Gasteiger partial charge in [-0.25, -0.2) is 0 Å². The summed E-state index contributed by atoms with van der Waals surface area (Å²) in [5.41, 5.74) is 1.72. The Morgan fingerprint density at radius 3 is 2.46 bits per heavy atom. The predicted molar refractivity (Wildman–Crippen MR) is 94.0 cm³/mol. The Kier molecular flexibility index (Phi) is 4.78. The van der Waals surface area contributed by atoms with Crippen LogP contribution in [0.25, 0.3) is 11.1 Å². The van der Waals surface area contributed by atoms with Gasteiger partial charge in [-0.2, -0.15) is 0 Å². The van der Waals surface area contributed by atoms with Gasteiger partial charge in [0.25, 0.3) is 5.69 Å². The first-order valence-electron chi connectivity index (χ1n) is 7.60. The molecule has 1 heterocycles. The lowest BCUT2D eigenvalue weighted by Crippen LogP contribution is -2.44. The van der Waals surface area contributed by atoms with Gasteiger partial charge in [0.05, 0.1) is 9.95 Å². The van der Waals surface area contributed by atoms with Crippen molar-refractivity contribution < 1.29 is 9.72 Å². The van der Waals surface area contributed by atoms with Gasteiger partial charge in [-0.15, -0.1) is 0 Å². The number of carbonyl (C=O) groups is 1. The van der Waals surface area contributed by atoms with Gasteiger partial charge >= 0.3 is 0 Å². The van der Waals surface area contributed by atoms with Gasteiger partial charge in [0.15, 0.2) is 6.29 Å². The van der Waals surface area contributed by atoms with Gasteiger partial charge in [0.1, 0.15) is 5.69 Å². The number of halogens is 1. The fraction of sp³-hybridized carbons (Fsp3) is 0.235. The molecule has 2 aromatic rings. The van der Waals surface area contributed by atoms with Gasteiger partial charge in [-0.1, -0.05) is 41.9 Å². The summed E-state index contributed by atoms with van der Waals surface area (Å²) in [6, 6.07) is 10.5. The van der Waals surface area contributed by atoms with Crippen LogP contribution in [0.4, 0.5) is 11.4 Å². The molecular weight excluding hydrogens is 330 g/mol. The summed E-state index contributed by atoms with van der Waals surface area (Å²) >= 11 is 6.45. The van der Waals surface area contributed by atoms with E-state index in [1.165, 1.54) is 6.07 Å². The standard InChI is InChI=1S/C17H16ClN3O3/c18-16-14(11-22)13(12-4-2-1-3-5-12)10-15(21(23)24)17(16)20-8-6-19-7-9-20/h1-5,10-11,19H,6-9H2. The number of nitro benzene ring substituents is 1. The Labute approximate surface area is 144 Å². The van der Waals surface area contributed by atoms with E-state index < -0.39 is 4.92 Å². The number of carbonyl (C=O) groups excluding carboxylic acids is 1. The second-order valence-electron chi connectivity index (χ2n) is 5.50. The van der Waals surface area contributed by atoms with Crippen LogP contribution in [0, 0.1) is 10.1 Å². The van der Waals surface area contributed by atoms with Crippen molar-refractivity contribution in [2.24, 2.45) is 0 Å². The molecule has 0 amide bonds. The lowest BCUT2D eigenvalue weighted by molar-refractivity contribution is -0.384. The normalized spacial score (nSPS) is 14.5. The number of nitrogens with one attached hydrogen (secondary N) is 1. The van der Waals surface area contributed by atoms with E-state index in [1.807, 2.05) is 23.1 Å². The zero-order chi connectivity index (χ0) is 17.1. The summed E-state index contributed by atoms with van der Waals surface area (Å²) in [6.45, 7) is 2.63. The van der Waals surface area contributed by atoms with Crippen LogP contribution in [0.3, 0.4) is 0 Å². The Balaban J connectivity index is 2.23. The lowest BCUT2D eigenvalue weighted by atomic mass is 9.98. The van der Waals surface area contributed by atoms with Crippen molar-refractivity contribution in [3.63, 3.8) is 0 Å². The monoisotopic (exact) mass is 345 g/mol. The fourth-order valence-electron chi connectivity index (χ4n) is 2.94. The molecule has 124 valence electrons. The van der Waals surface area contributed by atoms with Crippen molar-refractivity contribution in [2.75, 3.05) is 31.1 Å². The third kappa shape index (κ3) is 2.98. The molecule has 0 spiro atoms. The van der Waals surface area contributed by atoms with Gasteiger partial charge < -0.3 is 10.2 Å². The minimum Gasteiger partial charge on any atom is -0.362 e. The zero-order valence-corrected chi connectivity index (χ0v) is 13.6. The van der Waals surface area contributed by atoms with Crippen LogP contribution in [-0.2, 0) is 0 Å². The largest absolute Gasteiger partial charge is 0.362 e. The van der Waals surface area contributed by atoms with Crippen LogP contribution >= 0.6 is 11.6 Å². The van der Waals surface area contributed by atoms with E-state index >= 15 is 0 Å². The van der Waals surface area contributed by atoms with E-state index in [4.69, 9.17) is 11.6 Å². The second kappa shape index (κ2) is 6.98. The number of nitrogens with zero attached hydrogens (tertiary/aromatic N) is 2. The second-order valence-corrected chi connectivity index (χ2v) is 5.88. The first-order valence-corrected chi connectivity index (χ1v) is 7.98. The highest BCUT2D eigenvalue weighted by Crippen LogP contribution is 2.42. The molecule has 2 aromatic carbocycles. The van der Waals surface area contributed by atoms with Gasteiger partial charge in [-0.3, -0.25) is 14.9 Å². The molecule has 0 aliphatic carbocycles. The molecule has 0 saturated carbocycles. The van der Waals surface area contributed by atoms with Crippen LogP contribution < -0.4 is 10.2 Å². The van der Waals surface area contributed by atoms with E-state index in [1.54, 1.807) is 12.1 Å². The maximum atomic E-state index is 11.7. The third-order valence-electron chi connectivity index (χ3n) is 4.09. The van der Waals surface area contributed by atoms with E-state index in [0.29, 0.717) is 43.7 Å². The number of hydrogen-bond acceptors (Lipinski definition) is 5. The Bertz CT molecular complexity index is 774. The van der Waals surface area contributed by atoms with Crippen molar-refractivity contribution >= 4 is 29.3 Å². The predicted octanol–water partition coefficient (Wildman–Crippen LogP) is 3.14. The highest BCUT2D eigenvalue weighted by atomic mass is 35.5. The van der Waals surface area contributed by atoms with Crippen molar-refractivity contribution in [3.8, 4) is 11.1 Å². The molecule has 0 aromatic heterocycles. The number of benzene rings is 2. The molecule has 1 fully saturated rings. The first kappa shape index (κ1) is 16.4. The molecular formula is C17H16ClN3O3. The fourth-order valence-corrected chi connectivity index (χ4v) is 3.30. The molecule has 7 heteroatoms. The molecule has 0 unspecified atom stereocenters. The maximum Gasteiger partial charge on any atom is 0.294 e. The Morgan fingerprint density at radius 1 is 1.21 bits per heavy atom. The summed E-state index contributed by atoms with van der Waals surface area (Å²) < 4.78 is 0. The van der Waals surface area contributed by atoms with Gasteiger partial charge in [0.2, 0.25) is 0 Å². The quantitative estimate of drug-likeness (QED) is 0.523. The minimum absolute atomic E-state index is 0.0775. The number of anilines is 1. The van der Waals surface area contributed by atoms with Crippen molar-refractivity contribution in [1.82, 2.24) is 5.32 Å². The van der Waals surface area contributed by atoms with Gasteiger partial charge in [-0.05, 0) is 5.56 Å². The first-order chi connectivity index (χ1) is 11.6. The smallest absolute Gasteiger partial charge is 0.294 e. The molecule has 0 bridgehead atoms. The topological polar surface area (TPSA) is 75.5 Å². The highest BCUT2D eigenvalue weighted by molar-refractivity contribution is 6.37. The highest BCUT2D eigenvalue weighted by Gasteiger charge is 2.28. The van der Waals surface area contributed by atoms with E-state index in [2.05, 4.69) is 5.32 Å². The lowest BCUT2D eigenvalue weighted by Gasteiger charge is -2.30. The minimum atomic E-state index is -0.440. The van der Waals surface area contributed by atoms with Crippen LogP contribution in [0.1, 0.15) is 10.4 Å². The van der Waals surface area contributed by atoms with Crippen LogP contribution in [0.15, 0.2) is 36.4 Å². The molecule has 0 radical (unpaired) electrons. The maximum absolute atomic E-state index is 11.7. The van der Waals surface area contributed by atoms with Crippen molar-refractivity contribution in [3.05, 3.63) is 57.1 Å². The summed E-state index contributed by atoms with van der Waals surface area (Å²) in [5.74, 6) is 0. The number of hydrogen-bond donors (Lipinski definition) is 1. The molecule has 1 N–H and O–H groups in total. The number of rotatable bonds is 4. The van der Waals surface area contributed by atoms with E-state index in [-0.39, 0.29) is 16.3 Å². The molecule has 1 aliphatic rings. The summed E-state index contributed by atoms with van der Waals surface area (Å²) in [6.07, 6.45) is 0.667. The number of nitro groups is 1. The van der Waals surface area contributed by atoms with Crippen LogP contribution in [0.2, 0.25) is 5.02 Å². The van der Waals surface area contributed by atoms with E-state index in [9.17, 15) is 14.9 Å². The summed E-state index contributed by atoms with van der Waals surface area (Å²) in [7, 11) is 0. The molecule has 0 atom stereocenters. The average Bonchev–Trinajstić information content (AvgIpc) is 2.62. The van der Waals surface area contributed by atoms with Crippen LogP contribution in [-0.4, -0.2) is 37.4 Å². The van der Waals surface area contributed by atoms with Crippen LogP contribution in [0.5, 0.6) is 0 Å². The summed E-state index contributed by atoms with van der Waals surface area (Å²) in [5, 5.41) is 14.9. The molecule has 3 rings (SSSR count). The third-order valence-corrected chi connectivity index (χ3v) is 4.47. The number of piperazine rings is 1.